The predicted octanol–water partition coefficient (Wildman–Crippen LogP) is 1.90. The molecule has 2 rings (SSSR count). The molecule has 5 heteroatoms. The highest BCUT2D eigenvalue weighted by Crippen LogP contribution is 2.17. The SMILES string of the molecule is CC(C)Cn1nc(N2CCCCCC2)nc1N. The molecular formula is C12H23N5. The van der Waals surface area contributed by atoms with Crippen LogP contribution in [0.2, 0.25) is 0 Å². The summed E-state index contributed by atoms with van der Waals surface area (Å²) in [6.45, 7) is 7.28. The maximum atomic E-state index is 5.90. The molecule has 2 N–H and O–H groups in total. The van der Waals surface area contributed by atoms with Gasteiger partial charge in [0.1, 0.15) is 0 Å². The summed E-state index contributed by atoms with van der Waals surface area (Å²) in [6.07, 6.45) is 5.11. The summed E-state index contributed by atoms with van der Waals surface area (Å²) in [7, 11) is 0. The van der Waals surface area contributed by atoms with Gasteiger partial charge in [0.2, 0.25) is 11.9 Å². The molecular weight excluding hydrogens is 214 g/mol. The highest BCUT2D eigenvalue weighted by atomic mass is 15.4. The Morgan fingerprint density at radius 2 is 1.82 bits per heavy atom. The number of anilines is 2. The Morgan fingerprint density at radius 3 is 2.41 bits per heavy atom. The molecule has 0 aromatic carbocycles. The van der Waals surface area contributed by atoms with E-state index in [0.29, 0.717) is 11.9 Å². The van der Waals surface area contributed by atoms with Gasteiger partial charge in [-0.1, -0.05) is 26.7 Å². The van der Waals surface area contributed by atoms with E-state index in [9.17, 15) is 0 Å². The Bertz CT molecular complexity index is 350. The van der Waals surface area contributed by atoms with E-state index in [2.05, 4.69) is 28.8 Å². The van der Waals surface area contributed by atoms with Gasteiger partial charge in [-0.05, 0) is 18.8 Å². The van der Waals surface area contributed by atoms with Crippen molar-refractivity contribution >= 4 is 11.9 Å². The molecule has 0 saturated carbocycles. The fraction of sp³-hybridized carbons (Fsp3) is 0.833. The van der Waals surface area contributed by atoms with Crippen molar-refractivity contribution in [2.24, 2.45) is 5.92 Å². The van der Waals surface area contributed by atoms with E-state index in [0.717, 1.165) is 25.6 Å². The van der Waals surface area contributed by atoms with Gasteiger partial charge in [-0.2, -0.15) is 4.98 Å². The fourth-order valence-corrected chi connectivity index (χ4v) is 2.23. The smallest absolute Gasteiger partial charge is 0.246 e. The molecule has 96 valence electrons. The molecule has 5 nitrogen and oxygen atoms in total. The third kappa shape index (κ3) is 3.11. The van der Waals surface area contributed by atoms with Gasteiger partial charge in [0, 0.05) is 19.6 Å². The van der Waals surface area contributed by atoms with Crippen LogP contribution >= 0.6 is 0 Å². The quantitative estimate of drug-likeness (QED) is 0.872. The van der Waals surface area contributed by atoms with E-state index >= 15 is 0 Å². The van der Waals surface area contributed by atoms with E-state index in [1.807, 2.05) is 4.68 Å². The molecule has 0 amide bonds. The van der Waals surface area contributed by atoms with Crippen molar-refractivity contribution in [2.75, 3.05) is 23.7 Å². The van der Waals surface area contributed by atoms with Crippen molar-refractivity contribution in [2.45, 2.75) is 46.1 Å². The number of nitrogen functional groups attached to an aromatic ring is 1. The Labute approximate surface area is 103 Å². The molecule has 0 unspecified atom stereocenters. The van der Waals surface area contributed by atoms with Crippen molar-refractivity contribution in [3.63, 3.8) is 0 Å². The topological polar surface area (TPSA) is 60.0 Å². The second-order valence-corrected chi connectivity index (χ2v) is 5.25. The lowest BCUT2D eigenvalue weighted by molar-refractivity contribution is 0.487. The largest absolute Gasteiger partial charge is 0.368 e. The Hall–Kier alpha value is -1.26. The van der Waals surface area contributed by atoms with Crippen LogP contribution in [0, 0.1) is 5.92 Å². The number of aromatic nitrogens is 3. The number of rotatable bonds is 3. The Kier molecular flexibility index (Phi) is 3.86. The number of hydrogen-bond acceptors (Lipinski definition) is 4. The molecule has 17 heavy (non-hydrogen) atoms. The third-order valence-electron chi connectivity index (χ3n) is 3.12. The molecule has 0 bridgehead atoms. The van der Waals surface area contributed by atoms with Gasteiger partial charge < -0.3 is 10.6 Å². The van der Waals surface area contributed by atoms with Gasteiger partial charge in [0.15, 0.2) is 0 Å². The molecule has 0 aliphatic carbocycles. The normalized spacial score (nSPS) is 17.5. The fourth-order valence-electron chi connectivity index (χ4n) is 2.23. The molecule has 2 heterocycles. The highest BCUT2D eigenvalue weighted by Gasteiger charge is 2.16. The Morgan fingerprint density at radius 1 is 1.18 bits per heavy atom. The maximum Gasteiger partial charge on any atom is 0.246 e. The molecule has 1 aliphatic heterocycles. The number of hydrogen-bond donors (Lipinski definition) is 1. The zero-order chi connectivity index (χ0) is 12.3. The standard InChI is InChI=1S/C12H23N5/c1-10(2)9-17-11(13)14-12(15-17)16-7-5-3-4-6-8-16/h10H,3-9H2,1-2H3,(H2,13,14,15). The summed E-state index contributed by atoms with van der Waals surface area (Å²) in [5, 5.41) is 4.52. The molecule has 1 aromatic rings. The maximum absolute atomic E-state index is 5.90. The summed E-state index contributed by atoms with van der Waals surface area (Å²) < 4.78 is 1.82. The minimum atomic E-state index is 0.538. The lowest BCUT2D eigenvalue weighted by atomic mass is 10.2. The predicted molar refractivity (Wildman–Crippen MR) is 70.0 cm³/mol. The first-order valence-electron chi connectivity index (χ1n) is 6.62. The van der Waals surface area contributed by atoms with E-state index in [1.54, 1.807) is 0 Å². The second kappa shape index (κ2) is 5.38. The van der Waals surface area contributed by atoms with Crippen LogP contribution in [0.25, 0.3) is 0 Å². The molecule has 0 atom stereocenters. The molecule has 1 aliphatic rings. The van der Waals surface area contributed by atoms with Crippen LogP contribution < -0.4 is 10.6 Å². The summed E-state index contributed by atoms with van der Waals surface area (Å²) in [5.74, 6) is 1.89. The lowest BCUT2D eigenvalue weighted by Crippen LogP contribution is -2.25. The number of nitrogens with two attached hydrogens (primary N) is 1. The molecule has 1 aromatic heterocycles. The van der Waals surface area contributed by atoms with Gasteiger partial charge in [-0.25, -0.2) is 4.68 Å². The summed E-state index contributed by atoms with van der Waals surface area (Å²) in [4.78, 5) is 6.65. The van der Waals surface area contributed by atoms with Gasteiger partial charge in [-0.15, -0.1) is 5.10 Å². The van der Waals surface area contributed by atoms with Gasteiger partial charge in [0.05, 0.1) is 0 Å². The van der Waals surface area contributed by atoms with Crippen molar-refractivity contribution < 1.29 is 0 Å². The second-order valence-electron chi connectivity index (χ2n) is 5.25. The summed E-state index contributed by atoms with van der Waals surface area (Å²) in [5.41, 5.74) is 5.90. The van der Waals surface area contributed by atoms with E-state index in [1.165, 1.54) is 25.7 Å². The van der Waals surface area contributed by atoms with Crippen LogP contribution in [0.15, 0.2) is 0 Å². The average molecular weight is 237 g/mol. The van der Waals surface area contributed by atoms with Gasteiger partial charge >= 0.3 is 0 Å². The van der Waals surface area contributed by atoms with E-state index in [4.69, 9.17) is 5.73 Å². The van der Waals surface area contributed by atoms with Gasteiger partial charge in [0.25, 0.3) is 0 Å². The Balaban J connectivity index is 2.09. The molecule has 0 radical (unpaired) electrons. The van der Waals surface area contributed by atoms with Gasteiger partial charge in [-0.3, -0.25) is 0 Å². The summed E-state index contributed by atoms with van der Waals surface area (Å²) >= 11 is 0. The minimum absolute atomic E-state index is 0.538. The van der Waals surface area contributed by atoms with Crippen LogP contribution in [-0.4, -0.2) is 27.9 Å². The van der Waals surface area contributed by atoms with E-state index in [-0.39, 0.29) is 0 Å². The highest BCUT2D eigenvalue weighted by molar-refractivity contribution is 5.35. The van der Waals surface area contributed by atoms with Crippen molar-refractivity contribution in [3.8, 4) is 0 Å². The van der Waals surface area contributed by atoms with Crippen LogP contribution in [0.5, 0.6) is 0 Å². The van der Waals surface area contributed by atoms with Crippen LogP contribution in [-0.2, 0) is 6.54 Å². The van der Waals surface area contributed by atoms with Crippen molar-refractivity contribution in [1.29, 1.82) is 0 Å². The average Bonchev–Trinajstić information content (AvgIpc) is 2.54. The summed E-state index contributed by atoms with van der Waals surface area (Å²) in [6, 6.07) is 0. The zero-order valence-electron chi connectivity index (χ0n) is 10.9. The molecule has 1 fully saturated rings. The van der Waals surface area contributed by atoms with Crippen molar-refractivity contribution in [1.82, 2.24) is 14.8 Å². The number of nitrogens with zero attached hydrogens (tertiary/aromatic N) is 4. The van der Waals surface area contributed by atoms with Crippen LogP contribution in [0.3, 0.4) is 0 Å². The third-order valence-corrected chi connectivity index (χ3v) is 3.12. The first kappa shape index (κ1) is 12.2. The first-order valence-corrected chi connectivity index (χ1v) is 6.62. The molecule has 1 saturated heterocycles. The van der Waals surface area contributed by atoms with E-state index < -0.39 is 0 Å². The van der Waals surface area contributed by atoms with Crippen LogP contribution in [0.4, 0.5) is 11.9 Å². The lowest BCUT2D eigenvalue weighted by Gasteiger charge is -2.17. The van der Waals surface area contributed by atoms with Crippen molar-refractivity contribution in [3.05, 3.63) is 0 Å². The monoisotopic (exact) mass is 237 g/mol. The van der Waals surface area contributed by atoms with Crippen LogP contribution in [0.1, 0.15) is 39.5 Å². The first-order chi connectivity index (χ1) is 8.16. The zero-order valence-corrected chi connectivity index (χ0v) is 10.9. The minimum Gasteiger partial charge on any atom is -0.368 e. The molecule has 0 spiro atoms.